The maximum absolute atomic E-state index is 2.55. The summed E-state index contributed by atoms with van der Waals surface area (Å²) < 4.78 is 2.55. The van der Waals surface area contributed by atoms with E-state index in [1.807, 2.05) is 0 Å². The fourth-order valence-electron chi connectivity index (χ4n) is 9.94. The second-order valence-corrected chi connectivity index (χ2v) is 15.6. The van der Waals surface area contributed by atoms with E-state index in [1.165, 1.54) is 89.1 Å². The molecule has 0 spiro atoms. The van der Waals surface area contributed by atoms with Gasteiger partial charge in [0.1, 0.15) is 0 Å². The van der Waals surface area contributed by atoms with Crippen LogP contribution >= 0.6 is 0 Å². The van der Waals surface area contributed by atoms with Crippen LogP contribution in [0.25, 0.3) is 49.8 Å². The number of fused-ring (bicyclic) bond motifs is 8. The molecule has 1 atom stereocenters. The number of rotatable bonds is 4. The third kappa shape index (κ3) is 4.51. The number of aromatic nitrogens is 1. The van der Waals surface area contributed by atoms with Gasteiger partial charge in [-0.3, -0.25) is 0 Å². The van der Waals surface area contributed by atoms with Crippen LogP contribution in [0.4, 0.5) is 11.4 Å². The molecule has 2 heterocycles. The van der Waals surface area contributed by atoms with Crippen molar-refractivity contribution in [2.24, 2.45) is 0 Å². The molecule has 3 aliphatic carbocycles. The maximum Gasteiger partial charge on any atom is 0.0538 e. The van der Waals surface area contributed by atoms with E-state index in [0.717, 1.165) is 19.3 Å². The molecule has 1 unspecified atom stereocenters. The minimum Gasteiger partial charge on any atom is -0.313 e. The highest BCUT2D eigenvalue weighted by Crippen LogP contribution is 2.54. The summed E-state index contributed by atoms with van der Waals surface area (Å²) in [5, 5.41) is 2.65. The zero-order valence-corrected chi connectivity index (χ0v) is 30.2. The van der Waals surface area contributed by atoms with Gasteiger partial charge in [0.2, 0.25) is 0 Å². The molecular formula is C51H40N2. The molecule has 1 aromatic heterocycles. The Morgan fingerprint density at radius 1 is 0.604 bits per heavy atom. The number of anilines is 2. The van der Waals surface area contributed by atoms with Crippen molar-refractivity contribution in [3.8, 4) is 11.1 Å². The Bertz CT molecular complexity index is 2770. The lowest BCUT2D eigenvalue weighted by atomic mass is 9.78. The van der Waals surface area contributed by atoms with E-state index in [0.29, 0.717) is 5.92 Å². The minimum absolute atomic E-state index is 0.0789. The van der Waals surface area contributed by atoms with Gasteiger partial charge in [-0.1, -0.05) is 135 Å². The van der Waals surface area contributed by atoms with Crippen LogP contribution in [0.3, 0.4) is 0 Å². The van der Waals surface area contributed by atoms with Crippen LogP contribution in [-0.4, -0.2) is 4.57 Å². The van der Waals surface area contributed by atoms with E-state index in [9.17, 15) is 0 Å². The predicted octanol–water partition coefficient (Wildman–Crippen LogP) is 13.4. The average Bonchev–Trinajstić information content (AvgIpc) is 3.81. The number of benzene rings is 6. The molecule has 2 heteroatoms. The number of hydrogen-bond donors (Lipinski definition) is 0. The maximum atomic E-state index is 2.55. The predicted molar refractivity (Wildman–Crippen MR) is 223 cm³/mol. The standard InChI is InChI=1S/C51H40N2/c1-51(2)45-17-9-6-14-39(45)42-32-38(26-27-46(42)51)53-48-19-11-8-16-41(48)44-31-36(23-29-50(44)53)35-22-28-49-43(30-35)40-15-7-10-18-47(40)52(49)37-24-20-34(21-25-37)33-12-4-3-5-13-33/h3-25,28-29,31-32,43H,26-27,30H2,1-2H3. The molecule has 254 valence electrons. The molecule has 6 aromatic carbocycles. The smallest absolute Gasteiger partial charge is 0.0538 e. The van der Waals surface area contributed by atoms with Gasteiger partial charge < -0.3 is 9.47 Å². The van der Waals surface area contributed by atoms with Crippen LogP contribution in [0, 0.1) is 0 Å². The fourth-order valence-corrected chi connectivity index (χ4v) is 9.94. The summed E-state index contributed by atoms with van der Waals surface area (Å²) >= 11 is 0. The van der Waals surface area contributed by atoms with Gasteiger partial charge >= 0.3 is 0 Å². The van der Waals surface area contributed by atoms with E-state index in [2.05, 4.69) is 187 Å². The topological polar surface area (TPSA) is 8.17 Å². The number of nitrogens with zero attached hydrogens (tertiary/aromatic N) is 2. The monoisotopic (exact) mass is 680 g/mol. The first-order chi connectivity index (χ1) is 26.0. The summed E-state index contributed by atoms with van der Waals surface area (Å²) in [4.78, 5) is 2.47. The van der Waals surface area contributed by atoms with Gasteiger partial charge in [0.25, 0.3) is 0 Å². The van der Waals surface area contributed by atoms with E-state index in [4.69, 9.17) is 0 Å². The highest BCUT2D eigenvalue weighted by atomic mass is 15.2. The van der Waals surface area contributed by atoms with Gasteiger partial charge in [-0.05, 0) is 112 Å². The van der Waals surface area contributed by atoms with E-state index in [-0.39, 0.29) is 5.41 Å². The van der Waals surface area contributed by atoms with Gasteiger partial charge in [0, 0.05) is 44.9 Å². The first-order valence-corrected chi connectivity index (χ1v) is 19.1. The van der Waals surface area contributed by atoms with Crippen molar-refractivity contribution in [3.05, 3.63) is 197 Å². The molecule has 1 aliphatic heterocycles. The number of hydrogen-bond acceptors (Lipinski definition) is 1. The molecule has 0 saturated carbocycles. The van der Waals surface area contributed by atoms with Crippen molar-refractivity contribution in [1.82, 2.24) is 4.57 Å². The molecule has 0 N–H and O–H groups in total. The molecule has 7 aromatic rings. The largest absolute Gasteiger partial charge is 0.313 e. The third-order valence-electron chi connectivity index (χ3n) is 12.5. The molecule has 0 saturated heterocycles. The molecule has 4 aliphatic rings. The van der Waals surface area contributed by atoms with Gasteiger partial charge in [0.05, 0.1) is 11.0 Å². The molecule has 0 fully saturated rings. The Morgan fingerprint density at radius 2 is 1.32 bits per heavy atom. The van der Waals surface area contributed by atoms with Crippen molar-refractivity contribution in [2.75, 3.05) is 4.90 Å². The Labute approximate surface area is 311 Å². The minimum atomic E-state index is 0.0789. The SMILES string of the molecule is CC1(C)C2=C(C=C(n3c4ccccc4c4cc(C5=CC=C6C(C5)c5ccccc5N6c5ccc(-c6ccccc6)cc5)ccc43)CC2)c2ccccc21. The normalized spacial score (nSPS) is 18.3. The lowest BCUT2D eigenvalue weighted by molar-refractivity contribution is 0.607. The van der Waals surface area contributed by atoms with Gasteiger partial charge in [0.15, 0.2) is 0 Å². The molecule has 0 amide bonds. The van der Waals surface area contributed by atoms with Crippen LogP contribution in [0.15, 0.2) is 175 Å². The van der Waals surface area contributed by atoms with Crippen LogP contribution in [0.1, 0.15) is 61.3 Å². The Morgan fingerprint density at radius 3 is 2.21 bits per heavy atom. The second-order valence-electron chi connectivity index (χ2n) is 15.6. The Hall–Kier alpha value is -6.12. The van der Waals surface area contributed by atoms with Crippen molar-refractivity contribution < 1.29 is 0 Å². The third-order valence-corrected chi connectivity index (χ3v) is 12.5. The molecular weight excluding hydrogens is 641 g/mol. The number of para-hydroxylation sites is 2. The van der Waals surface area contributed by atoms with E-state index < -0.39 is 0 Å². The van der Waals surface area contributed by atoms with Gasteiger partial charge in [-0.2, -0.15) is 0 Å². The van der Waals surface area contributed by atoms with Crippen LogP contribution in [0.2, 0.25) is 0 Å². The first kappa shape index (κ1) is 30.5. The molecule has 0 bridgehead atoms. The first-order valence-electron chi connectivity index (χ1n) is 19.1. The molecule has 53 heavy (non-hydrogen) atoms. The van der Waals surface area contributed by atoms with Crippen molar-refractivity contribution in [3.63, 3.8) is 0 Å². The fraction of sp³-hybridized carbons (Fsp3) is 0.137. The lowest BCUT2D eigenvalue weighted by Gasteiger charge is -2.27. The zero-order valence-electron chi connectivity index (χ0n) is 30.2. The highest BCUT2D eigenvalue weighted by Gasteiger charge is 2.39. The summed E-state index contributed by atoms with van der Waals surface area (Å²) in [6.45, 7) is 4.80. The summed E-state index contributed by atoms with van der Waals surface area (Å²) in [5.41, 5.74) is 20.4. The second kappa shape index (κ2) is 11.4. The van der Waals surface area contributed by atoms with Crippen LogP contribution < -0.4 is 4.90 Å². The van der Waals surface area contributed by atoms with Crippen molar-refractivity contribution in [1.29, 1.82) is 0 Å². The van der Waals surface area contributed by atoms with E-state index >= 15 is 0 Å². The molecule has 11 rings (SSSR count). The van der Waals surface area contributed by atoms with Crippen molar-refractivity contribution in [2.45, 2.75) is 44.4 Å². The van der Waals surface area contributed by atoms with Crippen LogP contribution in [0.5, 0.6) is 0 Å². The lowest BCUT2D eigenvalue weighted by Crippen LogP contribution is -2.18. The molecule has 2 nitrogen and oxygen atoms in total. The summed E-state index contributed by atoms with van der Waals surface area (Å²) in [7, 11) is 0. The van der Waals surface area contributed by atoms with Crippen LogP contribution in [-0.2, 0) is 5.41 Å². The summed E-state index contributed by atoms with van der Waals surface area (Å²) in [6, 6.07) is 53.9. The Kier molecular flexibility index (Phi) is 6.58. The Balaban J connectivity index is 0.985. The molecule has 0 radical (unpaired) electrons. The van der Waals surface area contributed by atoms with E-state index in [1.54, 1.807) is 5.57 Å². The zero-order chi connectivity index (χ0) is 35.3. The quantitative estimate of drug-likeness (QED) is 0.180. The highest BCUT2D eigenvalue weighted by molar-refractivity contribution is 6.11. The number of allylic oxidation sites excluding steroid dienone is 8. The van der Waals surface area contributed by atoms with Gasteiger partial charge in [-0.15, -0.1) is 0 Å². The van der Waals surface area contributed by atoms with Crippen molar-refractivity contribution >= 4 is 50.0 Å². The summed E-state index contributed by atoms with van der Waals surface area (Å²) in [5.74, 6) is 0.311. The summed E-state index contributed by atoms with van der Waals surface area (Å²) in [6.07, 6.45) is 10.4. The van der Waals surface area contributed by atoms with Gasteiger partial charge in [-0.25, -0.2) is 0 Å². The average molecular weight is 681 g/mol.